The Morgan fingerprint density at radius 2 is 1.58 bits per heavy atom. The minimum atomic E-state index is -1.44. The second-order valence-corrected chi connectivity index (χ2v) is 11.3. The monoisotopic (exact) mass is 590 g/mol. The fraction of sp³-hybridized carbons (Fsp3) is 0.171. The lowest BCUT2D eigenvalue weighted by molar-refractivity contribution is -0.122. The molecule has 1 N–H and O–H groups in total. The molecule has 4 aromatic rings. The van der Waals surface area contributed by atoms with Gasteiger partial charge >= 0.3 is 0 Å². The number of methoxy groups -OCH3 is 2. The van der Waals surface area contributed by atoms with Crippen molar-refractivity contribution >= 4 is 40.8 Å². The van der Waals surface area contributed by atoms with Crippen molar-refractivity contribution in [2.75, 3.05) is 19.5 Å². The van der Waals surface area contributed by atoms with Crippen LogP contribution in [0.1, 0.15) is 43.4 Å². The summed E-state index contributed by atoms with van der Waals surface area (Å²) >= 11 is 6.58. The Kier molecular flexibility index (Phi) is 6.36. The van der Waals surface area contributed by atoms with Crippen molar-refractivity contribution < 1.29 is 23.9 Å². The minimum absolute atomic E-state index is 0.278. The molecule has 0 saturated carbocycles. The largest absolute Gasteiger partial charge is 0.493 e. The molecule has 4 aromatic carbocycles. The third-order valence-corrected chi connectivity index (χ3v) is 9.26. The number of amides is 1. The average Bonchev–Trinajstić information content (AvgIpc) is 3.52. The van der Waals surface area contributed by atoms with Gasteiger partial charge in [-0.1, -0.05) is 66.2 Å². The van der Waals surface area contributed by atoms with Crippen LogP contribution in [0.5, 0.6) is 11.5 Å². The highest BCUT2D eigenvalue weighted by Gasteiger charge is 2.70. The van der Waals surface area contributed by atoms with Crippen LogP contribution in [0.15, 0.2) is 97.2 Å². The number of hydrogen-bond donors (Lipinski definition) is 1. The van der Waals surface area contributed by atoms with Crippen molar-refractivity contribution in [2.24, 2.45) is 5.92 Å². The molecule has 4 atom stereocenters. The number of nitrogens with one attached hydrogen (secondary N) is 1. The highest BCUT2D eigenvalue weighted by atomic mass is 35.5. The fourth-order valence-electron chi connectivity index (χ4n) is 7.16. The molecule has 3 aliphatic rings. The van der Waals surface area contributed by atoms with E-state index in [1.807, 2.05) is 65.7 Å². The van der Waals surface area contributed by atoms with Gasteiger partial charge in [-0.05, 0) is 59.2 Å². The van der Waals surface area contributed by atoms with E-state index in [0.29, 0.717) is 28.3 Å². The van der Waals surface area contributed by atoms with Crippen LogP contribution in [-0.4, -0.2) is 42.6 Å². The molecule has 3 heterocycles. The van der Waals surface area contributed by atoms with E-state index in [4.69, 9.17) is 21.1 Å². The van der Waals surface area contributed by atoms with Crippen LogP contribution in [0, 0.1) is 5.92 Å². The molecular formula is C35H27ClN2O5. The van der Waals surface area contributed by atoms with E-state index < -0.39 is 23.4 Å². The summed E-state index contributed by atoms with van der Waals surface area (Å²) in [6, 6.07) is 25.2. The van der Waals surface area contributed by atoms with Gasteiger partial charge in [-0.25, -0.2) is 0 Å². The van der Waals surface area contributed by atoms with Crippen LogP contribution in [0.4, 0.5) is 5.69 Å². The lowest BCUT2D eigenvalue weighted by atomic mass is 9.62. The number of fused-ring (bicyclic) bond motifs is 6. The Balaban J connectivity index is 1.54. The molecule has 0 radical (unpaired) electrons. The highest BCUT2D eigenvalue weighted by molar-refractivity contribution is 6.34. The lowest BCUT2D eigenvalue weighted by Gasteiger charge is -2.38. The quantitative estimate of drug-likeness (QED) is 0.264. The van der Waals surface area contributed by atoms with Crippen LogP contribution in [0.25, 0.3) is 6.08 Å². The molecule has 0 aliphatic carbocycles. The molecule has 1 spiro atoms. The van der Waals surface area contributed by atoms with Gasteiger partial charge in [-0.3, -0.25) is 14.4 Å². The van der Waals surface area contributed by atoms with Crippen LogP contribution in [-0.2, 0) is 10.2 Å². The van der Waals surface area contributed by atoms with Gasteiger partial charge < -0.3 is 19.7 Å². The third-order valence-electron chi connectivity index (χ3n) is 8.93. The average molecular weight is 591 g/mol. The molecule has 0 bridgehead atoms. The molecule has 0 unspecified atom stereocenters. The molecule has 1 fully saturated rings. The predicted octanol–water partition coefficient (Wildman–Crippen LogP) is 6.34. The van der Waals surface area contributed by atoms with E-state index in [-0.39, 0.29) is 28.1 Å². The van der Waals surface area contributed by atoms with Crippen LogP contribution in [0.2, 0.25) is 5.02 Å². The number of anilines is 1. The first kappa shape index (κ1) is 27.0. The van der Waals surface area contributed by atoms with Crippen molar-refractivity contribution in [3.05, 3.63) is 130 Å². The Morgan fingerprint density at radius 3 is 2.37 bits per heavy atom. The molecule has 1 saturated heterocycles. The van der Waals surface area contributed by atoms with Gasteiger partial charge in [0.1, 0.15) is 11.5 Å². The molecule has 7 nitrogen and oxygen atoms in total. The number of nitrogens with zero attached hydrogens (tertiary/aromatic N) is 1. The Hall–Kier alpha value is -4.88. The van der Waals surface area contributed by atoms with E-state index in [0.717, 1.165) is 11.1 Å². The number of carbonyl (C=O) groups excluding carboxylic acids is 3. The molecule has 8 heteroatoms. The van der Waals surface area contributed by atoms with Crippen molar-refractivity contribution in [1.29, 1.82) is 0 Å². The standard InChI is InChI=1S/C35H27ClN2O5/c1-42-27-16-15-21(19-28(27)43-2)31(39)29-30(32(40)23-11-5-7-13-25(23)36)38-18-17-20-9-3-4-10-22(20)33(38)35(29)24-12-6-8-14-26(24)37-34(35)41/h3-19,29-30,33H,1-2H3,(H,37,41)/t29-,30+,33-,35-/m1/s1. The molecule has 0 aromatic heterocycles. The maximum Gasteiger partial charge on any atom is 0.238 e. The van der Waals surface area contributed by atoms with E-state index in [9.17, 15) is 9.59 Å². The van der Waals surface area contributed by atoms with Crippen LogP contribution < -0.4 is 14.8 Å². The smallest absolute Gasteiger partial charge is 0.238 e. The first-order chi connectivity index (χ1) is 20.9. The Labute approximate surface area is 253 Å². The number of Topliss-reactive ketones (excluding diaryl/α,β-unsaturated/α-hetero) is 2. The van der Waals surface area contributed by atoms with Gasteiger partial charge in [-0.15, -0.1) is 0 Å². The number of para-hydroxylation sites is 1. The molecule has 3 aliphatic heterocycles. The van der Waals surface area contributed by atoms with Crippen molar-refractivity contribution in [2.45, 2.75) is 17.5 Å². The number of ether oxygens (including phenoxy) is 2. The molecule has 214 valence electrons. The summed E-state index contributed by atoms with van der Waals surface area (Å²) < 4.78 is 10.9. The van der Waals surface area contributed by atoms with E-state index in [2.05, 4.69) is 5.32 Å². The zero-order chi connectivity index (χ0) is 29.9. The van der Waals surface area contributed by atoms with Crippen LogP contribution in [0.3, 0.4) is 0 Å². The SMILES string of the molecule is COc1ccc(C(=O)[C@H]2[C@@H](C(=O)c3ccccc3Cl)N3C=Cc4ccccc4[C@@H]3[C@]23C(=O)Nc2ccccc23)cc1OC. The first-order valence-corrected chi connectivity index (χ1v) is 14.3. The maximum absolute atomic E-state index is 15.0. The zero-order valence-electron chi connectivity index (χ0n) is 23.4. The van der Waals surface area contributed by atoms with E-state index >= 15 is 4.79 Å². The second-order valence-electron chi connectivity index (χ2n) is 10.9. The molecule has 43 heavy (non-hydrogen) atoms. The summed E-state index contributed by atoms with van der Waals surface area (Å²) in [5.74, 6) is -1.33. The van der Waals surface area contributed by atoms with E-state index in [1.165, 1.54) is 14.2 Å². The Morgan fingerprint density at radius 1 is 0.860 bits per heavy atom. The topological polar surface area (TPSA) is 84.9 Å². The van der Waals surface area contributed by atoms with Gasteiger partial charge in [-0.2, -0.15) is 0 Å². The third kappa shape index (κ3) is 3.78. The summed E-state index contributed by atoms with van der Waals surface area (Å²) in [5, 5.41) is 3.34. The summed E-state index contributed by atoms with van der Waals surface area (Å²) in [5.41, 5.74) is 2.22. The highest BCUT2D eigenvalue weighted by Crippen LogP contribution is 2.62. The zero-order valence-corrected chi connectivity index (χ0v) is 24.2. The van der Waals surface area contributed by atoms with E-state index in [1.54, 1.807) is 42.5 Å². The molecular weight excluding hydrogens is 564 g/mol. The number of benzene rings is 4. The number of halogens is 1. The number of ketones is 2. The van der Waals surface area contributed by atoms with Gasteiger partial charge in [0.15, 0.2) is 23.1 Å². The van der Waals surface area contributed by atoms with Gasteiger partial charge in [0.05, 0.1) is 31.2 Å². The second kappa shape index (κ2) is 10.1. The van der Waals surface area contributed by atoms with Crippen molar-refractivity contribution in [3.63, 3.8) is 0 Å². The first-order valence-electron chi connectivity index (χ1n) is 13.9. The lowest BCUT2D eigenvalue weighted by Crippen LogP contribution is -2.49. The predicted molar refractivity (Wildman–Crippen MR) is 164 cm³/mol. The van der Waals surface area contributed by atoms with Crippen molar-refractivity contribution in [3.8, 4) is 11.5 Å². The number of rotatable bonds is 6. The number of hydrogen-bond acceptors (Lipinski definition) is 6. The summed E-state index contributed by atoms with van der Waals surface area (Å²) in [6.45, 7) is 0. The van der Waals surface area contributed by atoms with Crippen LogP contribution >= 0.6 is 11.6 Å². The molecule has 1 amide bonds. The maximum atomic E-state index is 15.0. The van der Waals surface area contributed by atoms with Crippen molar-refractivity contribution in [1.82, 2.24) is 4.90 Å². The fourth-order valence-corrected chi connectivity index (χ4v) is 7.39. The minimum Gasteiger partial charge on any atom is -0.493 e. The van der Waals surface area contributed by atoms with Gasteiger partial charge in [0.25, 0.3) is 0 Å². The summed E-state index contributed by atoms with van der Waals surface area (Å²) in [6.07, 6.45) is 3.76. The summed E-state index contributed by atoms with van der Waals surface area (Å²) in [4.78, 5) is 46.1. The molecule has 7 rings (SSSR count). The normalized spacial score (nSPS) is 22.9. The Bertz CT molecular complexity index is 1850. The number of carbonyl (C=O) groups is 3. The summed E-state index contributed by atoms with van der Waals surface area (Å²) in [7, 11) is 3.01. The van der Waals surface area contributed by atoms with Gasteiger partial charge in [0.2, 0.25) is 5.91 Å². The van der Waals surface area contributed by atoms with Gasteiger partial charge in [0, 0.05) is 23.0 Å².